The molecule has 0 aliphatic rings. The molecule has 0 spiro atoms. The van der Waals surface area contributed by atoms with Crippen molar-refractivity contribution in [1.29, 1.82) is 0 Å². The molecule has 0 saturated heterocycles. The molecule has 0 atom stereocenters. The highest BCUT2D eigenvalue weighted by atomic mass is 16.5. The van der Waals surface area contributed by atoms with Crippen molar-refractivity contribution in [2.24, 2.45) is 0 Å². The van der Waals surface area contributed by atoms with E-state index in [0.717, 1.165) is 44.5 Å². The predicted molar refractivity (Wildman–Crippen MR) is 136 cm³/mol. The van der Waals surface area contributed by atoms with Crippen LogP contribution in [-0.2, 0) is 0 Å². The van der Waals surface area contributed by atoms with Gasteiger partial charge in [0.05, 0.1) is 34.1 Å². The Morgan fingerprint density at radius 1 is 0.571 bits per heavy atom. The number of aromatic amines is 1. The van der Waals surface area contributed by atoms with Gasteiger partial charge in [0, 0.05) is 46.2 Å². The quantitative estimate of drug-likeness (QED) is 0.317. The average Bonchev–Trinajstić information content (AvgIpc) is 3.35. The fraction of sp³-hybridized carbons (Fsp3) is 0.143. The third-order valence-electron chi connectivity index (χ3n) is 6.00. The number of H-pyrrole nitrogens is 1. The third-order valence-corrected chi connectivity index (χ3v) is 6.00. The van der Waals surface area contributed by atoms with Gasteiger partial charge in [-0.1, -0.05) is 12.1 Å². The van der Waals surface area contributed by atoms with E-state index in [1.807, 2.05) is 61.1 Å². The second kappa shape index (κ2) is 9.38. The minimum Gasteiger partial charge on any atom is -0.493 e. The molecule has 0 aliphatic carbocycles. The first-order valence-corrected chi connectivity index (χ1v) is 11.0. The maximum atomic E-state index is 5.46. The van der Waals surface area contributed by atoms with Crippen molar-refractivity contribution >= 4 is 11.0 Å². The summed E-state index contributed by atoms with van der Waals surface area (Å²) < 4.78 is 21.6. The van der Waals surface area contributed by atoms with Crippen molar-refractivity contribution in [3.05, 3.63) is 73.2 Å². The SMILES string of the molecule is COc1ccc(-c2cnc3[nH]cc(-c4ccc(-c5ccc(OC)c(OC)c5)nc4)c3c2)cc1OC. The van der Waals surface area contributed by atoms with E-state index in [-0.39, 0.29) is 0 Å². The van der Waals surface area contributed by atoms with Crippen LogP contribution < -0.4 is 18.9 Å². The Morgan fingerprint density at radius 2 is 1.17 bits per heavy atom. The molecule has 0 aliphatic heterocycles. The molecule has 176 valence electrons. The van der Waals surface area contributed by atoms with E-state index < -0.39 is 0 Å². The van der Waals surface area contributed by atoms with E-state index in [2.05, 4.69) is 22.1 Å². The Hall–Kier alpha value is -4.52. The van der Waals surface area contributed by atoms with Crippen molar-refractivity contribution in [3.8, 4) is 56.5 Å². The van der Waals surface area contributed by atoms with Gasteiger partial charge in [-0.15, -0.1) is 0 Å². The van der Waals surface area contributed by atoms with E-state index in [4.69, 9.17) is 23.9 Å². The van der Waals surface area contributed by atoms with Gasteiger partial charge < -0.3 is 23.9 Å². The lowest BCUT2D eigenvalue weighted by Crippen LogP contribution is -1.92. The number of ether oxygens (including phenoxy) is 4. The lowest BCUT2D eigenvalue weighted by molar-refractivity contribution is 0.355. The second-order valence-electron chi connectivity index (χ2n) is 7.89. The average molecular weight is 468 g/mol. The minimum atomic E-state index is 0.668. The maximum absolute atomic E-state index is 5.46. The summed E-state index contributed by atoms with van der Waals surface area (Å²) in [6, 6.07) is 17.8. The number of pyridine rings is 2. The van der Waals surface area contributed by atoms with Crippen LogP contribution in [0.3, 0.4) is 0 Å². The van der Waals surface area contributed by atoms with Crippen molar-refractivity contribution in [1.82, 2.24) is 15.0 Å². The van der Waals surface area contributed by atoms with Crippen LogP contribution in [0.15, 0.2) is 73.2 Å². The molecule has 0 bridgehead atoms. The lowest BCUT2D eigenvalue weighted by Gasteiger charge is -2.10. The highest BCUT2D eigenvalue weighted by Gasteiger charge is 2.13. The first kappa shape index (κ1) is 22.3. The van der Waals surface area contributed by atoms with Crippen molar-refractivity contribution in [2.45, 2.75) is 0 Å². The molecule has 0 saturated carbocycles. The second-order valence-corrected chi connectivity index (χ2v) is 7.89. The van der Waals surface area contributed by atoms with Gasteiger partial charge in [-0.3, -0.25) is 4.98 Å². The summed E-state index contributed by atoms with van der Waals surface area (Å²) in [5.41, 5.74) is 6.60. The van der Waals surface area contributed by atoms with Crippen LogP contribution in [0.4, 0.5) is 0 Å². The van der Waals surface area contributed by atoms with Crippen LogP contribution in [0.5, 0.6) is 23.0 Å². The number of benzene rings is 2. The Bertz CT molecular complexity index is 1490. The fourth-order valence-corrected chi connectivity index (χ4v) is 4.14. The van der Waals surface area contributed by atoms with Gasteiger partial charge in [-0.05, 0) is 48.0 Å². The molecule has 7 heteroatoms. The summed E-state index contributed by atoms with van der Waals surface area (Å²) in [4.78, 5) is 12.6. The van der Waals surface area contributed by atoms with Crippen molar-refractivity contribution in [2.75, 3.05) is 28.4 Å². The zero-order valence-electron chi connectivity index (χ0n) is 20.0. The number of aromatic nitrogens is 3. The number of hydrogen-bond donors (Lipinski definition) is 1. The van der Waals surface area contributed by atoms with Gasteiger partial charge in [0.25, 0.3) is 0 Å². The van der Waals surface area contributed by atoms with Crippen molar-refractivity contribution < 1.29 is 18.9 Å². The molecule has 35 heavy (non-hydrogen) atoms. The van der Waals surface area contributed by atoms with Crippen LogP contribution in [0.25, 0.3) is 44.5 Å². The number of methoxy groups -OCH3 is 4. The third kappa shape index (κ3) is 4.12. The molecule has 7 nitrogen and oxygen atoms in total. The number of nitrogens with one attached hydrogen (secondary N) is 1. The van der Waals surface area contributed by atoms with Gasteiger partial charge >= 0.3 is 0 Å². The van der Waals surface area contributed by atoms with Crippen LogP contribution in [0.1, 0.15) is 0 Å². The number of fused-ring (bicyclic) bond motifs is 1. The molecule has 0 unspecified atom stereocenters. The first-order valence-electron chi connectivity index (χ1n) is 11.0. The highest BCUT2D eigenvalue weighted by Crippen LogP contribution is 2.36. The Kier molecular flexibility index (Phi) is 5.97. The lowest BCUT2D eigenvalue weighted by atomic mass is 10.0. The minimum absolute atomic E-state index is 0.668. The van der Waals surface area contributed by atoms with Gasteiger partial charge in [0.1, 0.15) is 5.65 Å². The van der Waals surface area contributed by atoms with E-state index in [1.165, 1.54) is 0 Å². The molecular weight excluding hydrogens is 442 g/mol. The zero-order chi connectivity index (χ0) is 24.4. The monoisotopic (exact) mass is 467 g/mol. The summed E-state index contributed by atoms with van der Waals surface area (Å²) in [5, 5.41) is 1.01. The van der Waals surface area contributed by atoms with E-state index in [0.29, 0.717) is 23.0 Å². The van der Waals surface area contributed by atoms with Gasteiger partial charge in [0.2, 0.25) is 0 Å². The van der Waals surface area contributed by atoms with E-state index >= 15 is 0 Å². The molecule has 3 heterocycles. The molecule has 3 aromatic heterocycles. The summed E-state index contributed by atoms with van der Waals surface area (Å²) in [7, 11) is 6.50. The summed E-state index contributed by atoms with van der Waals surface area (Å²) in [5.74, 6) is 2.72. The van der Waals surface area contributed by atoms with E-state index in [9.17, 15) is 0 Å². The first-order chi connectivity index (χ1) is 17.1. The van der Waals surface area contributed by atoms with Crippen LogP contribution >= 0.6 is 0 Å². The molecule has 0 fully saturated rings. The Labute approximate surface area is 203 Å². The molecule has 5 aromatic rings. The largest absolute Gasteiger partial charge is 0.493 e. The molecule has 5 rings (SSSR count). The van der Waals surface area contributed by atoms with Crippen LogP contribution in [0, 0.1) is 0 Å². The Balaban J connectivity index is 1.50. The van der Waals surface area contributed by atoms with E-state index in [1.54, 1.807) is 28.4 Å². The maximum Gasteiger partial charge on any atom is 0.161 e. The summed E-state index contributed by atoms with van der Waals surface area (Å²) >= 11 is 0. The summed E-state index contributed by atoms with van der Waals surface area (Å²) in [6.07, 6.45) is 5.68. The van der Waals surface area contributed by atoms with Gasteiger partial charge in [-0.2, -0.15) is 0 Å². The van der Waals surface area contributed by atoms with Crippen LogP contribution in [0.2, 0.25) is 0 Å². The number of nitrogens with zero attached hydrogens (tertiary/aromatic N) is 2. The Morgan fingerprint density at radius 3 is 1.80 bits per heavy atom. The zero-order valence-corrected chi connectivity index (χ0v) is 20.0. The predicted octanol–water partition coefficient (Wildman–Crippen LogP) is 5.99. The molecule has 0 radical (unpaired) electrons. The normalized spacial score (nSPS) is 10.9. The molecule has 1 N–H and O–H groups in total. The topological polar surface area (TPSA) is 78.5 Å². The smallest absolute Gasteiger partial charge is 0.161 e. The molecule has 0 amide bonds. The number of hydrogen-bond acceptors (Lipinski definition) is 6. The highest BCUT2D eigenvalue weighted by molar-refractivity contribution is 5.95. The van der Waals surface area contributed by atoms with Crippen LogP contribution in [-0.4, -0.2) is 43.4 Å². The van der Waals surface area contributed by atoms with Gasteiger partial charge in [0.15, 0.2) is 23.0 Å². The fourth-order valence-electron chi connectivity index (χ4n) is 4.14. The molecule has 2 aromatic carbocycles. The number of rotatable bonds is 7. The standard InChI is InChI=1S/C28H25N3O4/c1-32-24-9-6-17(12-26(24)34-3)20-11-21-22(16-31-28(21)30-15-20)19-5-8-23(29-14-19)18-7-10-25(33-2)27(13-18)35-4/h5-16H,1-4H3,(H,30,31). The summed E-state index contributed by atoms with van der Waals surface area (Å²) in [6.45, 7) is 0. The van der Waals surface area contributed by atoms with Crippen molar-refractivity contribution in [3.63, 3.8) is 0 Å². The van der Waals surface area contributed by atoms with Gasteiger partial charge in [-0.25, -0.2) is 4.98 Å². The molecular formula is C28H25N3O4.